The van der Waals surface area contributed by atoms with E-state index in [1.165, 1.54) is 12.1 Å². The van der Waals surface area contributed by atoms with Gasteiger partial charge in [0.1, 0.15) is 12.4 Å². The maximum absolute atomic E-state index is 13.4. The highest BCUT2D eigenvalue weighted by atomic mass is 19.3. The van der Waals surface area contributed by atoms with Gasteiger partial charge in [-0.2, -0.15) is 8.78 Å². The highest BCUT2D eigenvalue weighted by Crippen LogP contribution is 2.29. The summed E-state index contributed by atoms with van der Waals surface area (Å²) in [4.78, 5) is 0. The molecule has 2 N–H and O–H groups in total. The Kier molecular flexibility index (Phi) is 4.12. The summed E-state index contributed by atoms with van der Waals surface area (Å²) in [5.41, 5.74) is 5.92. The Morgan fingerprint density at radius 2 is 1.74 bits per heavy atom. The van der Waals surface area contributed by atoms with Gasteiger partial charge in [-0.3, -0.25) is 0 Å². The maximum atomic E-state index is 13.4. The Hall–Kier alpha value is -1.94. The second-order valence-electron chi connectivity index (χ2n) is 4.21. The molecule has 0 spiro atoms. The Morgan fingerprint density at radius 3 is 2.42 bits per heavy atom. The van der Waals surface area contributed by atoms with E-state index >= 15 is 0 Å². The molecule has 0 aliphatic rings. The van der Waals surface area contributed by atoms with Gasteiger partial charge in [0.05, 0.1) is 6.54 Å². The first-order valence-corrected chi connectivity index (χ1v) is 5.97. The minimum atomic E-state index is -3.02. The number of benzene rings is 2. The molecule has 0 aromatic heterocycles. The zero-order chi connectivity index (χ0) is 13.7. The standard InChI is InChI=1S/C15H15F2NO/c16-15(17,11-18)13-7-4-8-14(9-13)19-10-12-5-2-1-3-6-12/h1-9H,10-11,18H2. The number of rotatable bonds is 5. The lowest BCUT2D eigenvalue weighted by Gasteiger charge is -2.15. The molecule has 2 aromatic carbocycles. The highest BCUT2D eigenvalue weighted by molar-refractivity contribution is 5.31. The molecule has 0 radical (unpaired) electrons. The number of hydrogen-bond acceptors (Lipinski definition) is 2. The Labute approximate surface area is 110 Å². The van der Waals surface area contributed by atoms with Crippen LogP contribution in [0.1, 0.15) is 11.1 Å². The van der Waals surface area contributed by atoms with E-state index in [1.807, 2.05) is 30.3 Å². The molecule has 0 aliphatic carbocycles. The lowest BCUT2D eigenvalue weighted by atomic mass is 10.1. The van der Waals surface area contributed by atoms with E-state index in [-0.39, 0.29) is 5.56 Å². The third-order valence-electron chi connectivity index (χ3n) is 2.76. The predicted molar refractivity (Wildman–Crippen MR) is 70.2 cm³/mol. The molecule has 0 fully saturated rings. The summed E-state index contributed by atoms with van der Waals surface area (Å²) < 4.78 is 32.4. The van der Waals surface area contributed by atoms with Crippen molar-refractivity contribution in [3.63, 3.8) is 0 Å². The summed E-state index contributed by atoms with van der Waals surface area (Å²) in [5, 5.41) is 0. The molecule has 0 aliphatic heterocycles. The van der Waals surface area contributed by atoms with Crippen LogP contribution in [0.25, 0.3) is 0 Å². The van der Waals surface area contributed by atoms with Crippen LogP contribution >= 0.6 is 0 Å². The molecule has 19 heavy (non-hydrogen) atoms. The van der Waals surface area contributed by atoms with Crippen molar-refractivity contribution in [1.82, 2.24) is 0 Å². The quantitative estimate of drug-likeness (QED) is 0.898. The molecule has 0 saturated carbocycles. The fourth-order valence-electron chi connectivity index (χ4n) is 1.67. The minimum Gasteiger partial charge on any atom is -0.489 e. The van der Waals surface area contributed by atoms with Gasteiger partial charge in [0.2, 0.25) is 0 Å². The van der Waals surface area contributed by atoms with Gasteiger partial charge >= 0.3 is 0 Å². The average molecular weight is 263 g/mol. The van der Waals surface area contributed by atoms with Gasteiger partial charge in [-0.05, 0) is 17.7 Å². The lowest BCUT2D eigenvalue weighted by molar-refractivity contribution is 0.00569. The smallest absolute Gasteiger partial charge is 0.285 e. The van der Waals surface area contributed by atoms with Crippen molar-refractivity contribution < 1.29 is 13.5 Å². The first-order chi connectivity index (χ1) is 9.12. The number of halogens is 2. The molecule has 0 amide bonds. The van der Waals surface area contributed by atoms with E-state index in [9.17, 15) is 8.78 Å². The van der Waals surface area contributed by atoms with Crippen LogP contribution in [-0.4, -0.2) is 6.54 Å². The zero-order valence-electron chi connectivity index (χ0n) is 10.4. The minimum absolute atomic E-state index is 0.124. The number of nitrogens with two attached hydrogens (primary N) is 1. The fourth-order valence-corrected chi connectivity index (χ4v) is 1.67. The van der Waals surface area contributed by atoms with Crippen molar-refractivity contribution in [2.45, 2.75) is 12.5 Å². The first kappa shape index (κ1) is 13.5. The lowest BCUT2D eigenvalue weighted by Crippen LogP contribution is -2.24. The summed E-state index contributed by atoms with van der Waals surface area (Å²) in [6, 6.07) is 15.4. The average Bonchev–Trinajstić information content (AvgIpc) is 2.46. The molecule has 0 heterocycles. The Bertz CT molecular complexity index is 529. The Morgan fingerprint density at radius 1 is 1.00 bits per heavy atom. The predicted octanol–water partition coefficient (Wildman–Crippen LogP) is 3.32. The van der Waals surface area contributed by atoms with Crippen LogP contribution in [0.4, 0.5) is 8.78 Å². The third kappa shape index (κ3) is 3.51. The summed E-state index contributed by atoms with van der Waals surface area (Å²) >= 11 is 0. The zero-order valence-corrected chi connectivity index (χ0v) is 10.4. The molecule has 100 valence electrons. The second-order valence-corrected chi connectivity index (χ2v) is 4.21. The van der Waals surface area contributed by atoms with E-state index in [2.05, 4.69) is 0 Å². The van der Waals surface area contributed by atoms with E-state index in [4.69, 9.17) is 10.5 Å². The van der Waals surface area contributed by atoms with Gasteiger partial charge in [-0.15, -0.1) is 0 Å². The topological polar surface area (TPSA) is 35.2 Å². The number of hydrogen-bond donors (Lipinski definition) is 1. The van der Waals surface area contributed by atoms with E-state index < -0.39 is 12.5 Å². The van der Waals surface area contributed by atoms with Crippen molar-refractivity contribution in [2.24, 2.45) is 5.73 Å². The van der Waals surface area contributed by atoms with Gasteiger partial charge in [0.15, 0.2) is 0 Å². The molecular formula is C15H15F2NO. The van der Waals surface area contributed by atoms with Gasteiger partial charge < -0.3 is 10.5 Å². The summed E-state index contributed by atoms with van der Waals surface area (Å²) in [6.07, 6.45) is 0. The van der Waals surface area contributed by atoms with Gasteiger partial charge in [-0.1, -0.05) is 42.5 Å². The highest BCUT2D eigenvalue weighted by Gasteiger charge is 2.29. The molecular weight excluding hydrogens is 248 g/mol. The van der Waals surface area contributed by atoms with Crippen LogP contribution in [-0.2, 0) is 12.5 Å². The largest absolute Gasteiger partial charge is 0.489 e. The van der Waals surface area contributed by atoms with Crippen LogP contribution < -0.4 is 10.5 Å². The SMILES string of the molecule is NCC(F)(F)c1cccc(OCc2ccccc2)c1. The van der Waals surface area contributed by atoms with Crippen LogP contribution in [0.2, 0.25) is 0 Å². The molecule has 0 saturated heterocycles. The second kappa shape index (κ2) is 5.80. The molecule has 2 rings (SSSR count). The van der Waals surface area contributed by atoms with E-state index in [0.717, 1.165) is 5.56 Å². The van der Waals surface area contributed by atoms with Crippen molar-refractivity contribution in [3.05, 3.63) is 65.7 Å². The summed E-state index contributed by atoms with van der Waals surface area (Å²) in [7, 11) is 0. The van der Waals surface area contributed by atoms with Gasteiger partial charge in [0.25, 0.3) is 5.92 Å². The monoisotopic (exact) mass is 263 g/mol. The summed E-state index contributed by atoms with van der Waals surface area (Å²) in [6.45, 7) is -0.367. The molecule has 4 heteroatoms. The number of ether oxygens (including phenoxy) is 1. The normalized spacial score (nSPS) is 11.3. The third-order valence-corrected chi connectivity index (χ3v) is 2.76. The van der Waals surface area contributed by atoms with Crippen LogP contribution in [0.15, 0.2) is 54.6 Å². The van der Waals surface area contributed by atoms with E-state index in [1.54, 1.807) is 12.1 Å². The molecule has 0 bridgehead atoms. The maximum Gasteiger partial charge on any atom is 0.285 e. The molecule has 0 unspecified atom stereocenters. The molecule has 2 aromatic rings. The van der Waals surface area contributed by atoms with Gasteiger partial charge in [0, 0.05) is 5.56 Å². The van der Waals surface area contributed by atoms with Crippen molar-refractivity contribution in [2.75, 3.05) is 6.54 Å². The van der Waals surface area contributed by atoms with E-state index in [0.29, 0.717) is 12.4 Å². The fraction of sp³-hybridized carbons (Fsp3) is 0.200. The van der Waals surface area contributed by atoms with Crippen LogP contribution in [0.5, 0.6) is 5.75 Å². The molecule has 0 atom stereocenters. The van der Waals surface area contributed by atoms with Crippen molar-refractivity contribution in [3.8, 4) is 5.75 Å². The first-order valence-electron chi connectivity index (χ1n) is 5.97. The molecule has 2 nitrogen and oxygen atoms in total. The Balaban J connectivity index is 2.08. The van der Waals surface area contributed by atoms with Crippen LogP contribution in [0.3, 0.4) is 0 Å². The summed E-state index contributed by atoms with van der Waals surface area (Å²) in [5.74, 6) is -2.61. The number of alkyl halides is 2. The van der Waals surface area contributed by atoms with Gasteiger partial charge in [-0.25, -0.2) is 0 Å². The van der Waals surface area contributed by atoms with Crippen molar-refractivity contribution >= 4 is 0 Å². The van der Waals surface area contributed by atoms with Crippen LogP contribution in [0, 0.1) is 0 Å². The van der Waals surface area contributed by atoms with Crippen molar-refractivity contribution in [1.29, 1.82) is 0 Å².